The van der Waals surface area contributed by atoms with Gasteiger partial charge >= 0.3 is 6.18 Å². The molecule has 1 N–H and O–H groups in total. The molecule has 2 aromatic carbocycles. The molecule has 1 aliphatic heterocycles. The highest BCUT2D eigenvalue weighted by Gasteiger charge is 2.44. The second kappa shape index (κ2) is 6.73. The highest BCUT2D eigenvalue weighted by atomic mass is 32.2. The number of halogens is 3. The Hall–Kier alpha value is -2.81. The predicted molar refractivity (Wildman–Crippen MR) is 94.0 cm³/mol. The summed E-state index contributed by atoms with van der Waals surface area (Å²) in [5.41, 5.74) is 3.99. The van der Waals surface area contributed by atoms with E-state index < -0.39 is 23.3 Å². The largest absolute Gasteiger partial charge is 0.453 e. The van der Waals surface area contributed by atoms with E-state index in [1.54, 1.807) is 60.7 Å². The number of thioether (sulfide) groups is 1. The van der Waals surface area contributed by atoms with Gasteiger partial charge in [-0.05, 0) is 5.56 Å². The van der Waals surface area contributed by atoms with E-state index in [0.29, 0.717) is 11.1 Å². The topological polar surface area (TPSA) is 59.8 Å². The zero-order valence-electron chi connectivity index (χ0n) is 13.7. The Morgan fingerprint density at radius 2 is 1.63 bits per heavy atom. The average molecular weight is 390 g/mol. The van der Waals surface area contributed by atoms with E-state index in [1.165, 1.54) is 0 Å². The lowest BCUT2D eigenvalue weighted by Gasteiger charge is -2.33. The molecule has 2 atom stereocenters. The zero-order valence-corrected chi connectivity index (χ0v) is 14.5. The summed E-state index contributed by atoms with van der Waals surface area (Å²) in [4.78, 5) is 13.1. The molecular weight excluding hydrogens is 377 g/mol. The first-order valence-corrected chi connectivity index (χ1v) is 8.93. The molecule has 9 heteroatoms. The molecule has 138 valence electrons. The van der Waals surface area contributed by atoms with E-state index in [4.69, 9.17) is 0 Å². The zero-order chi connectivity index (χ0) is 19.0. The van der Waals surface area contributed by atoms with Gasteiger partial charge in [0.05, 0.1) is 6.04 Å². The van der Waals surface area contributed by atoms with Crippen LogP contribution in [0.3, 0.4) is 0 Å². The fourth-order valence-corrected chi connectivity index (χ4v) is 4.07. The van der Waals surface area contributed by atoms with E-state index in [0.717, 1.165) is 16.4 Å². The molecule has 3 aromatic rings. The van der Waals surface area contributed by atoms with Gasteiger partial charge in [-0.1, -0.05) is 72.4 Å². The summed E-state index contributed by atoms with van der Waals surface area (Å²) in [7, 11) is 0. The van der Waals surface area contributed by atoms with Gasteiger partial charge < -0.3 is 5.43 Å². The summed E-state index contributed by atoms with van der Waals surface area (Å²) in [6.07, 6.45) is -4.66. The lowest BCUT2D eigenvalue weighted by atomic mass is 9.97. The minimum Gasteiger partial charge on any atom is -0.313 e. The van der Waals surface area contributed by atoms with Crippen LogP contribution in [0, 0.1) is 0 Å². The molecule has 0 saturated carbocycles. The Morgan fingerprint density at radius 3 is 2.26 bits per heavy atom. The quantitative estimate of drug-likeness (QED) is 0.687. The predicted octanol–water partition coefficient (Wildman–Crippen LogP) is 3.94. The molecule has 0 spiro atoms. The molecule has 1 aliphatic rings. The van der Waals surface area contributed by atoms with Gasteiger partial charge in [-0.3, -0.25) is 4.79 Å². The average Bonchev–Trinajstić information content (AvgIpc) is 3.11. The van der Waals surface area contributed by atoms with Crippen molar-refractivity contribution in [3.05, 3.63) is 77.6 Å². The van der Waals surface area contributed by atoms with Crippen molar-refractivity contribution >= 4 is 17.5 Å². The summed E-state index contributed by atoms with van der Waals surface area (Å²) < 4.78 is 40.5. The van der Waals surface area contributed by atoms with Gasteiger partial charge in [-0.25, -0.2) is 4.68 Å². The Bertz CT molecular complexity index is 960. The van der Waals surface area contributed by atoms with E-state index in [9.17, 15) is 18.0 Å². The van der Waals surface area contributed by atoms with Crippen LogP contribution in [0.4, 0.5) is 13.2 Å². The molecule has 0 unspecified atom stereocenters. The van der Waals surface area contributed by atoms with Gasteiger partial charge in [0.2, 0.25) is 5.16 Å². The maximum absolute atomic E-state index is 13.2. The summed E-state index contributed by atoms with van der Waals surface area (Å²) in [5.74, 6) is -1.33. The van der Waals surface area contributed by atoms with Gasteiger partial charge in [0.1, 0.15) is 5.25 Å². The number of rotatable bonds is 3. The molecule has 2 heterocycles. The Labute approximate surface area is 156 Å². The summed E-state index contributed by atoms with van der Waals surface area (Å²) in [5, 5.41) is 6.19. The number of hydrogen-bond donors (Lipinski definition) is 1. The summed E-state index contributed by atoms with van der Waals surface area (Å²) >= 11 is 0.977. The molecule has 0 bridgehead atoms. The lowest BCUT2D eigenvalue weighted by Crippen LogP contribution is -2.40. The van der Waals surface area contributed by atoms with Crippen molar-refractivity contribution in [1.82, 2.24) is 14.9 Å². The fraction of sp³-hybridized carbons (Fsp3) is 0.167. The number of carbonyl (C=O) groups is 1. The minimum atomic E-state index is -4.66. The van der Waals surface area contributed by atoms with E-state index in [2.05, 4.69) is 15.6 Å². The number of ketones is 1. The highest BCUT2D eigenvalue weighted by Crippen LogP contribution is 2.40. The van der Waals surface area contributed by atoms with E-state index >= 15 is 0 Å². The van der Waals surface area contributed by atoms with Gasteiger partial charge in [-0.15, -0.1) is 10.2 Å². The molecule has 1 aromatic heterocycles. The second-order valence-corrected chi connectivity index (χ2v) is 7.03. The molecule has 4 rings (SSSR count). The van der Waals surface area contributed by atoms with Crippen molar-refractivity contribution in [2.75, 3.05) is 5.43 Å². The van der Waals surface area contributed by atoms with Crippen LogP contribution in [0.5, 0.6) is 0 Å². The van der Waals surface area contributed by atoms with Crippen LogP contribution < -0.4 is 5.43 Å². The number of carbonyl (C=O) groups excluding carboxylic acids is 1. The molecule has 0 radical (unpaired) electrons. The number of nitrogens with one attached hydrogen (secondary N) is 1. The third-order valence-corrected chi connectivity index (χ3v) is 5.38. The Balaban J connectivity index is 1.78. The maximum atomic E-state index is 13.2. The van der Waals surface area contributed by atoms with Gasteiger partial charge in [0, 0.05) is 5.56 Å². The van der Waals surface area contributed by atoms with Crippen LogP contribution in [0.15, 0.2) is 65.8 Å². The molecule has 0 aliphatic carbocycles. The van der Waals surface area contributed by atoms with Crippen molar-refractivity contribution in [2.45, 2.75) is 22.6 Å². The van der Waals surface area contributed by atoms with Crippen LogP contribution >= 0.6 is 11.8 Å². The van der Waals surface area contributed by atoms with Crippen molar-refractivity contribution in [2.24, 2.45) is 0 Å². The SMILES string of the molecule is O=C(c1ccccc1)[C@@H]1Sc2nnc(C(F)(F)F)n2N[C@@H]1c1ccccc1. The van der Waals surface area contributed by atoms with Crippen LogP contribution in [-0.4, -0.2) is 25.9 Å². The van der Waals surface area contributed by atoms with Crippen LogP contribution in [0.1, 0.15) is 27.8 Å². The Morgan fingerprint density at radius 1 is 1.00 bits per heavy atom. The van der Waals surface area contributed by atoms with Crippen molar-refractivity contribution < 1.29 is 18.0 Å². The van der Waals surface area contributed by atoms with E-state index in [-0.39, 0.29) is 10.9 Å². The standard InChI is InChI=1S/C18H13F3N4OS/c19-18(20,21)16-22-23-17-25(16)24-13(11-7-3-1-4-8-11)15(27-17)14(26)12-9-5-2-6-10-12/h1-10,13,15,24H/t13-,15-/m1/s1. The maximum Gasteiger partial charge on any atom is 0.453 e. The van der Waals surface area contributed by atoms with Crippen molar-refractivity contribution in [3.8, 4) is 0 Å². The first kappa shape index (κ1) is 17.6. The third kappa shape index (κ3) is 3.30. The van der Waals surface area contributed by atoms with E-state index in [1.807, 2.05) is 0 Å². The van der Waals surface area contributed by atoms with Crippen molar-refractivity contribution in [3.63, 3.8) is 0 Å². The summed E-state index contributed by atoms with van der Waals surface area (Å²) in [6.45, 7) is 0. The number of Topliss-reactive ketones (excluding diaryl/α,β-unsaturated/α-hetero) is 1. The van der Waals surface area contributed by atoms with Gasteiger partial charge in [0.25, 0.3) is 5.82 Å². The first-order valence-electron chi connectivity index (χ1n) is 8.05. The van der Waals surface area contributed by atoms with Crippen molar-refractivity contribution in [1.29, 1.82) is 0 Å². The fourth-order valence-electron chi connectivity index (χ4n) is 2.92. The number of benzene rings is 2. The molecule has 0 saturated heterocycles. The monoisotopic (exact) mass is 390 g/mol. The van der Waals surface area contributed by atoms with Crippen LogP contribution in [-0.2, 0) is 6.18 Å². The van der Waals surface area contributed by atoms with Gasteiger partial charge in [-0.2, -0.15) is 13.2 Å². The third-order valence-electron chi connectivity index (χ3n) is 4.17. The number of aromatic nitrogens is 3. The molecule has 27 heavy (non-hydrogen) atoms. The molecule has 5 nitrogen and oxygen atoms in total. The lowest BCUT2D eigenvalue weighted by molar-refractivity contribution is -0.147. The number of hydrogen-bond acceptors (Lipinski definition) is 5. The number of fused-ring (bicyclic) bond motifs is 1. The molecule has 0 fully saturated rings. The van der Waals surface area contributed by atoms with Gasteiger partial charge in [0.15, 0.2) is 5.78 Å². The summed E-state index contributed by atoms with van der Waals surface area (Å²) in [6, 6.07) is 16.9. The minimum absolute atomic E-state index is 0.00351. The number of alkyl halides is 3. The molecule has 0 amide bonds. The molecular formula is C18H13F3N4OS. The first-order chi connectivity index (χ1) is 12.9. The number of nitrogens with zero attached hydrogens (tertiary/aromatic N) is 3. The normalized spacial score (nSPS) is 19.2. The van der Waals surface area contributed by atoms with Crippen LogP contribution in [0.2, 0.25) is 0 Å². The highest BCUT2D eigenvalue weighted by molar-refractivity contribution is 8.00. The Kier molecular flexibility index (Phi) is 4.39. The van der Waals surface area contributed by atoms with Crippen LogP contribution in [0.25, 0.3) is 0 Å². The second-order valence-electron chi connectivity index (χ2n) is 5.93. The smallest absolute Gasteiger partial charge is 0.313 e.